The molecule has 0 bridgehead atoms. The van der Waals surface area contributed by atoms with Gasteiger partial charge in [0.15, 0.2) is 0 Å². The minimum absolute atomic E-state index is 0.0651. The number of carboxylic acids is 1. The van der Waals surface area contributed by atoms with Crippen LogP contribution in [-0.2, 0) is 0 Å². The van der Waals surface area contributed by atoms with Gasteiger partial charge in [-0.1, -0.05) is 0 Å². The average Bonchev–Trinajstić information content (AvgIpc) is 2.65. The van der Waals surface area contributed by atoms with Crippen LogP contribution in [0.2, 0.25) is 0 Å². The summed E-state index contributed by atoms with van der Waals surface area (Å²) < 4.78 is 1.17. The van der Waals surface area contributed by atoms with Crippen LogP contribution < -0.4 is 5.69 Å². The van der Waals surface area contributed by atoms with E-state index in [9.17, 15) is 9.59 Å². The molecule has 0 atom stereocenters. The van der Waals surface area contributed by atoms with Crippen LogP contribution in [0.25, 0.3) is 5.82 Å². The number of aromatic amines is 1. The Morgan fingerprint density at radius 1 is 1.47 bits per heavy atom. The summed E-state index contributed by atoms with van der Waals surface area (Å²) in [7, 11) is 0. The van der Waals surface area contributed by atoms with E-state index in [1.165, 1.54) is 29.2 Å². The van der Waals surface area contributed by atoms with E-state index in [0.29, 0.717) is 5.82 Å². The van der Waals surface area contributed by atoms with Crippen molar-refractivity contribution in [3.8, 4) is 5.82 Å². The molecule has 0 aliphatic heterocycles. The summed E-state index contributed by atoms with van der Waals surface area (Å²) in [6.45, 7) is 0. The van der Waals surface area contributed by atoms with Gasteiger partial charge in [0, 0.05) is 6.20 Å². The Bertz CT molecular complexity index is 540. The smallest absolute Gasteiger partial charge is 0.348 e. The van der Waals surface area contributed by atoms with E-state index in [1.54, 1.807) is 0 Å². The Balaban J connectivity index is 2.44. The van der Waals surface area contributed by atoms with Crippen LogP contribution in [0.1, 0.15) is 10.4 Å². The molecule has 0 fully saturated rings. The molecule has 0 aliphatic carbocycles. The number of H-pyrrole nitrogens is 1. The van der Waals surface area contributed by atoms with Gasteiger partial charge in [-0.05, 0) is 12.1 Å². The van der Waals surface area contributed by atoms with E-state index in [1.807, 2.05) is 0 Å². The SMILES string of the molecule is O=C(O)c1ccc(-n2cn[nH]c2=O)nc1. The fourth-order valence-electron chi connectivity index (χ4n) is 1.07. The lowest BCUT2D eigenvalue weighted by atomic mass is 10.3. The van der Waals surface area contributed by atoms with Crippen molar-refractivity contribution in [1.29, 1.82) is 0 Å². The van der Waals surface area contributed by atoms with E-state index in [2.05, 4.69) is 15.2 Å². The second kappa shape index (κ2) is 3.37. The topological polar surface area (TPSA) is 101 Å². The molecule has 15 heavy (non-hydrogen) atoms. The van der Waals surface area contributed by atoms with Crippen molar-refractivity contribution in [1.82, 2.24) is 19.7 Å². The number of hydrogen-bond donors (Lipinski definition) is 2. The third kappa shape index (κ3) is 1.62. The second-order valence-electron chi connectivity index (χ2n) is 2.74. The minimum atomic E-state index is -1.06. The Morgan fingerprint density at radius 3 is 2.73 bits per heavy atom. The van der Waals surface area contributed by atoms with Crippen LogP contribution in [-0.4, -0.2) is 30.8 Å². The van der Waals surface area contributed by atoms with Crippen molar-refractivity contribution in [2.75, 3.05) is 0 Å². The molecule has 0 radical (unpaired) electrons. The molecule has 2 N–H and O–H groups in total. The zero-order chi connectivity index (χ0) is 10.8. The molecule has 2 rings (SSSR count). The Labute approximate surface area is 83.0 Å². The van der Waals surface area contributed by atoms with Gasteiger partial charge >= 0.3 is 11.7 Å². The number of carboxylic acid groups (broad SMARTS) is 1. The maximum atomic E-state index is 11.1. The maximum absolute atomic E-state index is 11.1. The summed E-state index contributed by atoms with van der Waals surface area (Å²) in [4.78, 5) is 25.5. The molecule has 2 aromatic rings. The van der Waals surface area contributed by atoms with Crippen molar-refractivity contribution in [3.63, 3.8) is 0 Å². The van der Waals surface area contributed by atoms with Crippen LogP contribution in [0.15, 0.2) is 29.5 Å². The maximum Gasteiger partial charge on any atom is 0.348 e. The van der Waals surface area contributed by atoms with Crippen molar-refractivity contribution < 1.29 is 9.90 Å². The Morgan fingerprint density at radius 2 is 2.27 bits per heavy atom. The van der Waals surface area contributed by atoms with Gasteiger partial charge in [0.25, 0.3) is 0 Å². The number of pyridine rings is 1. The van der Waals surface area contributed by atoms with Crippen molar-refractivity contribution in [2.24, 2.45) is 0 Å². The van der Waals surface area contributed by atoms with Gasteiger partial charge in [0.2, 0.25) is 0 Å². The van der Waals surface area contributed by atoms with Crippen LogP contribution in [0.4, 0.5) is 0 Å². The number of aromatic nitrogens is 4. The van der Waals surface area contributed by atoms with E-state index >= 15 is 0 Å². The van der Waals surface area contributed by atoms with Crippen LogP contribution in [0.3, 0.4) is 0 Å². The van der Waals surface area contributed by atoms with Crippen LogP contribution >= 0.6 is 0 Å². The molecule has 7 heteroatoms. The van der Waals surface area contributed by atoms with E-state index in [4.69, 9.17) is 5.11 Å². The summed E-state index contributed by atoms with van der Waals surface area (Å²) in [5.41, 5.74) is -0.360. The third-order valence-electron chi connectivity index (χ3n) is 1.79. The van der Waals surface area contributed by atoms with Crippen LogP contribution in [0.5, 0.6) is 0 Å². The monoisotopic (exact) mass is 206 g/mol. The van der Waals surface area contributed by atoms with Gasteiger partial charge in [-0.2, -0.15) is 5.10 Å². The highest BCUT2D eigenvalue weighted by Gasteiger charge is 2.05. The highest BCUT2D eigenvalue weighted by atomic mass is 16.4. The highest BCUT2D eigenvalue weighted by molar-refractivity contribution is 5.87. The number of nitrogens with one attached hydrogen (secondary N) is 1. The zero-order valence-corrected chi connectivity index (χ0v) is 7.41. The lowest BCUT2D eigenvalue weighted by Gasteiger charge is -1.98. The third-order valence-corrected chi connectivity index (χ3v) is 1.79. The highest BCUT2D eigenvalue weighted by Crippen LogP contribution is 2.02. The van der Waals surface area contributed by atoms with Gasteiger partial charge < -0.3 is 5.11 Å². The lowest BCUT2D eigenvalue weighted by molar-refractivity contribution is 0.0696. The number of aromatic carboxylic acids is 1. The molecular weight excluding hydrogens is 200 g/mol. The number of hydrogen-bond acceptors (Lipinski definition) is 4. The molecule has 0 aromatic carbocycles. The first kappa shape index (κ1) is 9.13. The van der Waals surface area contributed by atoms with Gasteiger partial charge in [-0.25, -0.2) is 24.2 Å². The van der Waals surface area contributed by atoms with E-state index < -0.39 is 11.7 Å². The molecule has 0 saturated carbocycles. The number of nitrogens with zero attached hydrogens (tertiary/aromatic N) is 3. The summed E-state index contributed by atoms with van der Waals surface area (Å²) in [5.74, 6) is -0.743. The van der Waals surface area contributed by atoms with Gasteiger partial charge in [-0.3, -0.25) is 0 Å². The number of carbonyl (C=O) groups is 1. The predicted molar refractivity (Wildman–Crippen MR) is 48.9 cm³/mol. The standard InChI is InChI=1S/C8H6N4O3/c13-7(14)5-1-2-6(9-3-5)12-4-10-11-8(12)15/h1-4H,(H,11,15)(H,13,14). The molecule has 0 amide bonds. The first-order valence-corrected chi connectivity index (χ1v) is 4.00. The number of rotatable bonds is 2. The molecule has 0 unspecified atom stereocenters. The summed E-state index contributed by atoms with van der Waals surface area (Å²) in [5, 5.41) is 14.4. The van der Waals surface area contributed by atoms with E-state index in [-0.39, 0.29) is 5.56 Å². The lowest BCUT2D eigenvalue weighted by Crippen LogP contribution is -2.15. The first-order valence-electron chi connectivity index (χ1n) is 4.00. The quantitative estimate of drug-likeness (QED) is 0.699. The largest absolute Gasteiger partial charge is 0.478 e. The summed E-state index contributed by atoms with van der Waals surface area (Å²) in [6, 6.07) is 2.80. The Kier molecular flexibility index (Phi) is 2.05. The summed E-state index contributed by atoms with van der Waals surface area (Å²) in [6.07, 6.45) is 2.45. The van der Waals surface area contributed by atoms with Crippen molar-refractivity contribution in [2.45, 2.75) is 0 Å². The minimum Gasteiger partial charge on any atom is -0.478 e. The van der Waals surface area contributed by atoms with E-state index in [0.717, 1.165) is 0 Å². The normalized spacial score (nSPS) is 10.1. The molecule has 7 nitrogen and oxygen atoms in total. The van der Waals surface area contributed by atoms with Crippen LogP contribution in [0, 0.1) is 0 Å². The molecule has 0 spiro atoms. The summed E-state index contributed by atoms with van der Waals surface area (Å²) >= 11 is 0. The molecule has 0 saturated heterocycles. The fourth-order valence-corrected chi connectivity index (χ4v) is 1.07. The van der Waals surface area contributed by atoms with Crippen molar-refractivity contribution in [3.05, 3.63) is 40.7 Å². The molecule has 76 valence electrons. The first-order chi connectivity index (χ1) is 7.18. The van der Waals surface area contributed by atoms with Gasteiger partial charge in [-0.15, -0.1) is 0 Å². The van der Waals surface area contributed by atoms with Gasteiger partial charge in [0.1, 0.15) is 12.1 Å². The Hall–Kier alpha value is -2.44. The molecule has 2 heterocycles. The average molecular weight is 206 g/mol. The van der Waals surface area contributed by atoms with Crippen molar-refractivity contribution >= 4 is 5.97 Å². The predicted octanol–water partition coefficient (Wildman–Crippen LogP) is -0.346. The zero-order valence-electron chi connectivity index (χ0n) is 7.41. The molecular formula is C8H6N4O3. The molecule has 0 aliphatic rings. The fraction of sp³-hybridized carbons (Fsp3) is 0. The second-order valence-corrected chi connectivity index (χ2v) is 2.74. The van der Waals surface area contributed by atoms with Gasteiger partial charge in [0.05, 0.1) is 5.56 Å². The molecule has 2 aromatic heterocycles.